The Labute approximate surface area is 105 Å². The van der Waals surface area contributed by atoms with Crippen LogP contribution in [0.4, 0.5) is 5.69 Å². The number of esters is 1. The smallest absolute Gasteiger partial charge is 0.337 e. The molecule has 0 fully saturated rings. The van der Waals surface area contributed by atoms with E-state index in [1.54, 1.807) is 18.3 Å². The lowest BCUT2D eigenvalue weighted by Crippen LogP contribution is -2.04. The van der Waals surface area contributed by atoms with Gasteiger partial charge in [-0.1, -0.05) is 6.07 Å². The maximum Gasteiger partial charge on any atom is 0.337 e. The van der Waals surface area contributed by atoms with Crippen LogP contribution < -0.4 is 5.32 Å². The summed E-state index contributed by atoms with van der Waals surface area (Å²) in [5.41, 5.74) is 2.39. The number of anilines is 1. The van der Waals surface area contributed by atoms with Crippen LogP contribution in [-0.2, 0) is 11.3 Å². The first kappa shape index (κ1) is 12.2. The molecule has 0 bridgehead atoms. The lowest BCUT2D eigenvalue weighted by atomic mass is 10.2. The molecule has 0 atom stereocenters. The minimum absolute atomic E-state index is 0.337. The van der Waals surface area contributed by atoms with E-state index in [1.807, 2.05) is 19.1 Å². The van der Waals surface area contributed by atoms with Crippen LogP contribution in [0.3, 0.4) is 0 Å². The van der Waals surface area contributed by atoms with Gasteiger partial charge in [0.05, 0.1) is 31.1 Å². The number of nitrogens with one attached hydrogen (secondary N) is 2. The largest absolute Gasteiger partial charge is 0.465 e. The molecular weight excluding hydrogens is 230 g/mol. The molecule has 2 aromatic rings. The summed E-state index contributed by atoms with van der Waals surface area (Å²) in [6.07, 6.45) is 1.78. The van der Waals surface area contributed by atoms with Crippen molar-refractivity contribution >= 4 is 11.7 Å². The minimum atomic E-state index is -0.337. The van der Waals surface area contributed by atoms with Gasteiger partial charge in [-0.05, 0) is 25.1 Å². The van der Waals surface area contributed by atoms with Gasteiger partial charge in [0.25, 0.3) is 0 Å². The van der Waals surface area contributed by atoms with Gasteiger partial charge >= 0.3 is 5.97 Å². The van der Waals surface area contributed by atoms with Crippen molar-refractivity contribution in [2.24, 2.45) is 0 Å². The number of nitrogens with zero attached hydrogens (tertiary/aromatic N) is 1. The van der Waals surface area contributed by atoms with E-state index in [0.29, 0.717) is 12.1 Å². The molecule has 0 amide bonds. The van der Waals surface area contributed by atoms with Crippen LogP contribution in [0.15, 0.2) is 30.5 Å². The fraction of sp³-hybridized carbons (Fsp3) is 0.231. The number of hydrogen-bond donors (Lipinski definition) is 2. The van der Waals surface area contributed by atoms with Gasteiger partial charge < -0.3 is 15.0 Å². The summed E-state index contributed by atoms with van der Waals surface area (Å²) in [6.45, 7) is 2.53. The molecule has 5 heteroatoms. The second kappa shape index (κ2) is 5.35. The van der Waals surface area contributed by atoms with Crippen molar-refractivity contribution in [1.29, 1.82) is 0 Å². The van der Waals surface area contributed by atoms with Crippen molar-refractivity contribution in [3.05, 3.63) is 47.5 Å². The Morgan fingerprint density at radius 1 is 1.50 bits per heavy atom. The van der Waals surface area contributed by atoms with E-state index in [-0.39, 0.29) is 5.97 Å². The molecule has 18 heavy (non-hydrogen) atoms. The summed E-state index contributed by atoms with van der Waals surface area (Å²) >= 11 is 0. The number of H-pyrrole nitrogens is 1. The molecule has 1 aromatic carbocycles. The van der Waals surface area contributed by atoms with Crippen molar-refractivity contribution in [3.8, 4) is 0 Å². The lowest BCUT2D eigenvalue weighted by Gasteiger charge is -2.06. The highest BCUT2D eigenvalue weighted by atomic mass is 16.5. The van der Waals surface area contributed by atoms with Gasteiger partial charge in [-0.2, -0.15) is 0 Å². The van der Waals surface area contributed by atoms with Crippen LogP contribution in [0.5, 0.6) is 0 Å². The first-order chi connectivity index (χ1) is 8.69. The second-order valence-corrected chi connectivity index (χ2v) is 3.92. The zero-order chi connectivity index (χ0) is 13.0. The number of methoxy groups -OCH3 is 1. The van der Waals surface area contributed by atoms with E-state index in [0.717, 1.165) is 17.2 Å². The first-order valence-electron chi connectivity index (χ1n) is 5.62. The van der Waals surface area contributed by atoms with Crippen LogP contribution >= 0.6 is 0 Å². The number of aromatic amines is 1. The van der Waals surface area contributed by atoms with Crippen molar-refractivity contribution in [3.63, 3.8) is 0 Å². The van der Waals surface area contributed by atoms with E-state index in [1.165, 1.54) is 7.11 Å². The van der Waals surface area contributed by atoms with Gasteiger partial charge in [-0.15, -0.1) is 0 Å². The minimum Gasteiger partial charge on any atom is -0.465 e. The number of imidazole rings is 1. The average Bonchev–Trinajstić information content (AvgIpc) is 2.81. The third-order valence-electron chi connectivity index (χ3n) is 2.52. The number of hydrogen-bond acceptors (Lipinski definition) is 4. The Morgan fingerprint density at radius 3 is 3.00 bits per heavy atom. The summed E-state index contributed by atoms with van der Waals surface area (Å²) < 4.78 is 4.67. The Morgan fingerprint density at radius 2 is 2.33 bits per heavy atom. The molecule has 94 valence electrons. The molecule has 2 N–H and O–H groups in total. The van der Waals surface area contributed by atoms with Crippen LogP contribution in [0.1, 0.15) is 21.9 Å². The monoisotopic (exact) mass is 245 g/mol. The summed E-state index contributed by atoms with van der Waals surface area (Å²) in [6, 6.07) is 7.19. The summed E-state index contributed by atoms with van der Waals surface area (Å²) in [4.78, 5) is 18.6. The molecule has 0 aliphatic carbocycles. The number of aromatic nitrogens is 2. The molecule has 0 aliphatic heterocycles. The fourth-order valence-electron chi connectivity index (χ4n) is 1.63. The van der Waals surface area contributed by atoms with Gasteiger partial charge in [0, 0.05) is 5.69 Å². The Balaban J connectivity index is 2.03. The number of rotatable bonds is 4. The predicted molar refractivity (Wildman–Crippen MR) is 68.4 cm³/mol. The molecular formula is C13H15N3O2. The number of benzene rings is 1. The number of carbonyl (C=O) groups is 1. The molecule has 0 radical (unpaired) electrons. The number of aryl methyl sites for hydroxylation is 1. The summed E-state index contributed by atoms with van der Waals surface area (Å²) in [5.74, 6) is 0.547. The third kappa shape index (κ3) is 2.88. The molecule has 1 heterocycles. The fourth-order valence-corrected chi connectivity index (χ4v) is 1.63. The third-order valence-corrected chi connectivity index (χ3v) is 2.52. The number of carbonyl (C=O) groups excluding carboxylic acids is 1. The zero-order valence-electron chi connectivity index (χ0n) is 10.4. The quantitative estimate of drug-likeness (QED) is 0.810. The van der Waals surface area contributed by atoms with Gasteiger partial charge in [-0.3, -0.25) is 0 Å². The van der Waals surface area contributed by atoms with E-state index < -0.39 is 0 Å². The summed E-state index contributed by atoms with van der Waals surface area (Å²) in [7, 11) is 1.37. The molecule has 1 aromatic heterocycles. The molecule has 0 saturated heterocycles. The Kier molecular flexibility index (Phi) is 3.62. The molecule has 5 nitrogen and oxygen atoms in total. The second-order valence-electron chi connectivity index (χ2n) is 3.92. The maximum absolute atomic E-state index is 11.4. The van der Waals surface area contributed by atoms with Crippen LogP contribution in [0.2, 0.25) is 0 Å². The highest BCUT2D eigenvalue weighted by Gasteiger charge is 2.05. The lowest BCUT2D eigenvalue weighted by molar-refractivity contribution is 0.0601. The molecule has 0 unspecified atom stereocenters. The van der Waals surface area contributed by atoms with Crippen molar-refractivity contribution in [1.82, 2.24) is 9.97 Å². The Hall–Kier alpha value is -2.30. The van der Waals surface area contributed by atoms with Crippen molar-refractivity contribution in [2.75, 3.05) is 12.4 Å². The number of ether oxygens (including phenoxy) is 1. The van der Waals surface area contributed by atoms with Gasteiger partial charge in [0.2, 0.25) is 0 Å². The molecule has 0 spiro atoms. The first-order valence-corrected chi connectivity index (χ1v) is 5.62. The highest BCUT2D eigenvalue weighted by Crippen LogP contribution is 2.12. The molecule has 2 rings (SSSR count). The van der Waals surface area contributed by atoms with Crippen LogP contribution in [0.25, 0.3) is 0 Å². The topological polar surface area (TPSA) is 67.0 Å². The maximum atomic E-state index is 11.4. The van der Waals surface area contributed by atoms with Gasteiger partial charge in [0.15, 0.2) is 0 Å². The summed E-state index contributed by atoms with van der Waals surface area (Å²) in [5, 5.41) is 3.21. The SMILES string of the molecule is COC(=O)c1cccc(NCc2cnc(C)[nH]2)c1. The van der Waals surface area contributed by atoms with Crippen LogP contribution in [0, 0.1) is 6.92 Å². The molecule has 0 aliphatic rings. The zero-order valence-corrected chi connectivity index (χ0v) is 10.4. The van der Waals surface area contributed by atoms with Gasteiger partial charge in [-0.25, -0.2) is 9.78 Å². The Bertz CT molecular complexity index is 549. The predicted octanol–water partition coefficient (Wildman–Crippen LogP) is 2.12. The normalized spacial score (nSPS) is 10.1. The standard InChI is InChI=1S/C13H15N3O2/c1-9-14-7-12(16-9)8-15-11-5-3-4-10(6-11)13(17)18-2/h3-7,15H,8H2,1-2H3,(H,14,16). The van der Waals surface area contributed by atoms with E-state index in [9.17, 15) is 4.79 Å². The molecule has 0 saturated carbocycles. The van der Waals surface area contributed by atoms with E-state index >= 15 is 0 Å². The average molecular weight is 245 g/mol. The van der Waals surface area contributed by atoms with Crippen molar-refractivity contribution in [2.45, 2.75) is 13.5 Å². The highest BCUT2D eigenvalue weighted by molar-refractivity contribution is 5.90. The van der Waals surface area contributed by atoms with E-state index in [4.69, 9.17) is 0 Å². The van der Waals surface area contributed by atoms with Crippen molar-refractivity contribution < 1.29 is 9.53 Å². The van der Waals surface area contributed by atoms with Gasteiger partial charge in [0.1, 0.15) is 5.82 Å². The van der Waals surface area contributed by atoms with Crippen LogP contribution in [-0.4, -0.2) is 23.0 Å². The van der Waals surface area contributed by atoms with E-state index in [2.05, 4.69) is 20.0 Å².